The van der Waals surface area contributed by atoms with E-state index in [9.17, 15) is 4.79 Å². The van der Waals surface area contributed by atoms with Gasteiger partial charge in [0.05, 0.1) is 17.6 Å². The molecule has 78 valence electrons. The topological polar surface area (TPSA) is 64.1 Å². The molecule has 0 fully saturated rings. The molecule has 5 heteroatoms. The van der Waals surface area contributed by atoms with Crippen LogP contribution >= 0.6 is 0 Å². The van der Waals surface area contributed by atoms with Crippen LogP contribution in [-0.2, 0) is 4.79 Å². The molecule has 1 amide bonds. The molecule has 0 aliphatic rings. The molecule has 14 heavy (non-hydrogen) atoms. The fraction of sp³-hybridized carbons (Fsp3) is 0.556. The number of hydrogen-bond acceptors (Lipinski definition) is 3. The van der Waals surface area contributed by atoms with Gasteiger partial charge in [-0.15, -0.1) is 0 Å². The highest BCUT2D eigenvalue weighted by Gasteiger charge is 2.19. The number of nitrogen functional groups attached to an aromatic ring is 1. The number of carbonyl (C=O) groups is 1. The highest BCUT2D eigenvalue weighted by molar-refractivity contribution is 5.79. The maximum Gasteiger partial charge on any atom is 0.246 e. The maximum absolute atomic E-state index is 11.6. The fourth-order valence-electron chi connectivity index (χ4n) is 1.31. The van der Waals surface area contributed by atoms with Crippen LogP contribution in [0.5, 0.6) is 0 Å². The second kappa shape index (κ2) is 3.69. The Labute approximate surface area is 83.5 Å². The van der Waals surface area contributed by atoms with Crippen molar-refractivity contribution >= 4 is 11.6 Å². The van der Waals surface area contributed by atoms with Gasteiger partial charge in [-0.1, -0.05) is 0 Å². The number of rotatable bonds is 2. The van der Waals surface area contributed by atoms with E-state index in [4.69, 9.17) is 5.73 Å². The SMILES string of the molecule is Cc1c(N)cnn1C(C)C(=O)N(C)C. The van der Waals surface area contributed by atoms with Gasteiger partial charge in [-0.2, -0.15) is 5.10 Å². The molecular weight excluding hydrogens is 180 g/mol. The smallest absolute Gasteiger partial charge is 0.246 e. The minimum absolute atomic E-state index is 0.0104. The summed E-state index contributed by atoms with van der Waals surface area (Å²) in [6.07, 6.45) is 1.56. The van der Waals surface area contributed by atoms with Gasteiger partial charge in [-0.25, -0.2) is 0 Å². The van der Waals surface area contributed by atoms with E-state index in [-0.39, 0.29) is 11.9 Å². The Hall–Kier alpha value is -1.52. The number of nitrogens with two attached hydrogens (primary N) is 1. The number of likely N-dealkylation sites (N-methyl/N-ethyl adjacent to an activating group) is 1. The summed E-state index contributed by atoms with van der Waals surface area (Å²) in [5.74, 6) is 0.0104. The van der Waals surface area contributed by atoms with Crippen molar-refractivity contribution in [3.63, 3.8) is 0 Å². The number of aromatic nitrogens is 2. The average molecular weight is 196 g/mol. The minimum Gasteiger partial charge on any atom is -0.396 e. The van der Waals surface area contributed by atoms with E-state index in [0.717, 1.165) is 5.69 Å². The molecule has 2 N–H and O–H groups in total. The second-order valence-corrected chi connectivity index (χ2v) is 3.54. The van der Waals surface area contributed by atoms with Crippen LogP contribution in [0.4, 0.5) is 5.69 Å². The van der Waals surface area contributed by atoms with Crippen molar-refractivity contribution in [3.8, 4) is 0 Å². The van der Waals surface area contributed by atoms with Crippen LogP contribution in [0.15, 0.2) is 6.20 Å². The molecule has 0 radical (unpaired) electrons. The zero-order chi connectivity index (χ0) is 10.9. The van der Waals surface area contributed by atoms with E-state index in [0.29, 0.717) is 5.69 Å². The molecule has 0 aromatic carbocycles. The molecule has 0 saturated carbocycles. The normalized spacial score (nSPS) is 12.6. The van der Waals surface area contributed by atoms with Crippen LogP contribution in [0, 0.1) is 6.92 Å². The summed E-state index contributed by atoms with van der Waals surface area (Å²) in [5, 5.41) is 4.06. The third-order valence-corrected chi connectivity index (χ3v) is 2.25. The molecule has 1 unspecified atom stereocenters. The lowest BCUT2D eigenvalue weighted by atomic mass is 10.3. The first-order chi connectivity index (χ1) is 6.45. The van der Waals surface area contributed by atoms with Gasteiger partial charge < -0.3 is 10.6 Å². The van der Waals surface area contributed by atoms with Crippen molar-refractivity contribution in [3.05, 3.63) is 11.9 Å². The van der Waals surface area contributed by atoms with Crippen molar-refractivity contribution in [1.29, 1.82) is 0 Å². The van der Waals surface area contributed by atoms with Crippen molar-refractivity contribution in [1.82, 2.24) is 14.7 Å². The summed E-state index contributed by atoms with van der Waals surface area (Å²) < 4.78 is 1.64. The lowest BCUT2D eigenvalue weighted by Crippen LogP contribution is -2.30. The van der Waals surface area contributed by atoms with Crippen LogP contribution in [0.1, 0.15) is 18.7 Å². The lowest BCUT2D eigenvalue weighted by molar-refractivity contribution is -0.132. The van der Waals surface area contributed by atoms with Gasteiger partial charge in [0, 0.05) is 14.1 Å². The van der Waals surface area contributed by atoms with Crippen molar-refractivity contribution < 1.29 is 4.79 Å². The molecule has 5 nitrogen and oxygen atoms in total. The Morgan fingerprint density at radius 2 is 2.21 bits per heavy atom. The second-order valence-electron chi connectivity index (χ2n) is 3.54. The number of amides is 1. The van der Waals surface area contributed by atoms with Crippen molar-refractivity contribution in [2.24, 2.45) is 0 Å². The first kappa shape index (κ1) is 10.6. The quantitative estimate of drug-likeness (QED) is 0.745. The standard InChI is InChI=1S/C9H16N4O/c1-6-8(10)5-11-13(6)7(2)9(14)12(3)4/h5,7H,10H2,1-4H3. The van der Waals surface area contributed by atoms with Crippen molar-refractivity contribution in [2.75, 3.05) is 19.8 Å². The molecule has 0 aliphatic heterocycles. The molecule has 1 heterocycles. The van der Waals surface area contributed by atoms with E-state index in [2.05, 4.69) is 5.10 Å². The molecular formula is C9H16N4O. The Bertz CT molecular complexity index is 343. The monoisotopic (exact) mass is 196 g/mol. The van der Waals surface area contributed by atoms with Crippen LogP contribution < -0.4 is 5.73 Å². The molecule has 1 rings (SSSR count). The summed E-state index contributed by atoms with van der Waals surface area (Å²) >= 11 is 0. The Morgan fingerprint density at radius 3 is 2.57 bits per heavy atom. The van der Waals surface area contributed by atoms with Crippen LogP contribution in [-0.4, -0.2) is 34.7 Å². The molecule has 0 bridgehead atoms. The third-order valence-electron chi connectivity index (χ3n) is 2.25. The maximum atomic E-state index is 11.6. The number of nitrogens with zero attached hydrogens (tertiary/aromatic N) is 3. The predicted molar refractivity (Wildman–Crippen MR) is 54.8 cm³/mol. The zero-order valence-corrected chi connectivity index (χ0v) is 8.98. The van der Waals surface area contributed by atoms with Crippen LogP contribution in [0.25, 0.3) is 0 Å². The van der Waals surface area contributed by atoms with E-state index in [1.807, 2.05) is 13.8 Å². The molecule has 1 aromatic heterocycles. The van der Waals surface area contributed by atoms with Gasteiger partial charge in [-0.3, -0.25) is 9.48 Å². The summed E-state index contributed by atoms with van der Waals surface area (Å²) in [4.78, 5) is 13.2. The van der Waals surface area contributed by atoms with Crippen LogP contribution in [0.2, 0.25) is 0 Å². The van der Waals surface area contributed by atoms with E-state index < -0.39 is 0 Å². The first-order valence-corrected chi connectivity index (χ1v) is 4.46. The average Bonchev–Trinajstić information content (AvgIpc) is 2.45. The Balaban J connectivity index is 2.95. The van der Waals surface area contributed by atoms with Crippen molar-refractivity contribution in [2.45, 2.75) is 19.9 Å². The highest BCUT2D eigenvalue weighted by Crippen LogP contribution is 2.15. The van der Waals surface area contributed by atoms with Gasteiger partial charge in [0.1, 0.15) is 6.04 Å². The van der Waals surface area contributed by atoms with Gasteiger partial charge in [0.25, 0.3) is 0 Å². The third kappa shape index (κ3) is 1.71. The molecule has 1 aromatic rings. The van der Waals surface area contributed by atoms with Gasteiger partial charge in [-0.05, 0) is 13.8 Å². The van der Waals surface area contributed by atoms with E-state index in [1.54, 1.807) is 29.9 Å². The summed E-state index contributed by atoms with van der Waals surface area (Å²) in [6, 6.07) is -0.303. The minimum atomic E-state index is -0.303. The highest BCUT2D eigenvalue weighted by atomic mass is 16.2. The van der Waals surface area contributed by atoms with E-state index in [1.165, 1.54) is 0 Å². The lowest BCUT2D eigenvalue weighted by Gasteiger charge is -2.18. The Morgan fingerprint density at radius 1 is 1.64 bits per heavy atom. The number of anilines is 1. The van der Waals surface area contributed by atoms with E-state index >= 15 is 0 Å². The van der Waals surface area contributed by atoms with Gasteiger partial charge in [0.15, 0.2) is 0 Å². The molecule has 0 saturated heterocycles. The zero-order valence-electron chi connectivity index (χ0n) is 8.98. The predicted octanol–water partition coefficient (Wildman–Crippen LogP) is 0.423. The summed E-state index contributed by atoms with van der Waals surface area (Å²) in [6.45, 7) is 3.66. The molecule has 0 aliphatic carbocycles. The number of carbonyl (C=O) groups excluding carboxylic acids is 1. The summed E-state index contributed by atoms with van der Waals surface area (Å²) in [7, 11) is 3.45. The van der Waals surface area contributed by atoms with Gasteiger partial charge >= 0.3 is 0 Å². The number of hydrogen-bond donors (Lipinski definition) is 1. The molecule has 0 spiro atoms. The fourth-order valence-corrected chi connectivity index (χ4v) is 1.31. The first-order valence-electron chi connectivity index (χ1n) is 4.46. The van der Waals surface area contributed by atoms with Gasteiger partial charge in [0.2, 0.25) is 5.91 Å². The summed E-state index contributed by atoms with van der Waals surface area (Å²) in [5.41, 5.74) is 7.09. The van der Waals surface area contributed by atoms with Crippen LogP contribution in [0.3, 0.4) is 0 Å². The Kier molecular flexibility index (Phi) is 2.78. The molecule has 1 atom stereocenters. The largest absolute Gasteiger partial charge is 0.396 e.